The van der Waals surface area contributed by atoms with E-state index >= 15 is 0 Å². The van der Waals surface area contributed by atoms with Gasteiger partial charge in [0.05, 0.1) is 11.1 Å². The van der Waals surface area contributed by atoms with E-state index < -0.39 is 27.4 Å². The quantitative estimate of drug-likeness (QED) is 0.482. The van der Waals surface area contributed by atoms with Crippen molar-refractivity contribution in [1.29, 1.82) is 0 Å². The van der Waals surface area contributed by atoms with E-state index in [1.165, 1.54) is 30.7 Å². The molecule has 3 aromatic rings. The van der Waals surface area contributed by atoms with Gasteiger partial charge in [0.15, 0.2) is 15.7 Å². The van der Waals surface area contributed by atoms with E-state index in [1.54, 1.807) is 18.2 Å². The molecule has 150 valence electrons. The van der Waals surface area contributed by atoms with Crippen molar-refractivity contribution in [3.05, 3.63) is 66.3 Å². The maximum atomic E-state index is 12.3. The van der Waals surface area contributed by atoms with Gasteiger partial charge >= 0.3 is 11.8 Å². The van der Waals surface area contributed by atoms with Crippen LogP contribution in [0.5, 0.6) is 0 Å². The summed E-state index contributed by atoms with van der Waals surface area (Å²) in [5, 5.41) is 8.57. The van der Waals surface area contributed by atoms with E-state index in [2.05, 4.69) is 30.7 Å². The molecule has 11 nitrogen and oxygen atoms in total. The lowest BCUT2D eigenvalue weighted by Gasteiger charge is -2.04. The second kappa shape index (κ2) is 9.01. The number of rotatable bonds is 8. The van der Waals surface area contributed by atoms with Gasteiger partial charge in [0, 0.05) is 25.5 Å². The zero-order valence-electron chi connectivity index (χ0n) is 15.0. The SMILES string of the molecule is O=C(NCCNC(=O)c1nc(CS(=O)(=O)c2ccccc2)no1)c1cnccn1. The highest BCUT2D eigenvalue weighted by Crippen LogP contribution is 2.14. The summed E-state index contributed by atoms with van der Waals surface area (Å²) < 4.78 is 29.4. The molecule has 12 heteroatoms. The summed E-state index contributed by atoms with van der Waals surface area (Å²) >= 11 is 0. The minimum Gasteiger partial charge on any atom is -0.349 e. The van der Waals surface area contributed by atoms with Crippen LogP contribution >= 0.6 is 0 Å². The number of aromatic nitrogens is 4. The summed E-state index contributed by atoms with van der Waals surface area (Å²) in [4.78, 5) is 35.4. The Morgan fingerprint density at radius 2 is 1.72 bits per heavy atom. The molecule has 0 saturated heterocycles. The van der Waals surface area contributed by atoms with Crippen molar-refractivity contribution >= 4 is 21.7 Å². The van der Waals surface area contributed by atoms with Crippen molar-refractivity contribution in [2.45, 2.75) is 10.6 Å². The van der Waals surface area contributed by atoms with Gasteiger partial charge in [-0.05, 0) is 12.1 Å². The third-order valence-corrected chi connectivity index (χ3v) is 5.20. The number of nitrogens with one attached hydrogen (secondary N) is 2. The average molecular weight is 416 g/mol. The summed E-state index contributed by atoms with van der Waals surface area (Å²) in [6, 6.07) is 7.82. The smallest absolute Gasteiger partial charge is 0.315 e. The summed E-state index contributed by atoms with van der Waals surface area (Å²) in [6.07, 6.45) is 4.15. The lowest BCUT2D eigenvalue weighted by Crippen LogP contribution is -2.35. The lowest BCUT2D eigenvalue weighted by molar-refractivity contribution is 0.0897. The minimum atomic E-state index is -3.66. The standard InChI is InChI=1S/C17H16N6O5S/c24-15(13-10-18-6-7-19-13)20-8-9-21-16(25)17-22-14(23-28-17)11-29(26,27)12-4-2-1-3-5-12/h1-7,10H,8-9,11H2,(H,20,24)(H,21,25). The monoisotopic (exact) mass is 416 g/mol. The Kier molecular flexibility index (Phi) is 6.24. The molecule has 0 radical (unpaired) electrons. The number of nitrogens with zero attached hydrogens (tertiary/aromatic N) is 4. The molecule has 2 aromatic heterocycles. The summed E-state index contributed by atoms with van der Waals surface area (Å²) in [5.74, 6) is -2.12. The number of carbonyl (C=O) groups excluding carboxylic acids is 2. The zero-order chi connectivity index (χ0) is 20.7. The van der Waals surface area contributed by atoms with Crippen LogP contribution in [0, 0.1) is 0 Å². The number of hydrogen-bond acceptors (Lipinski definition) is 9. The highest BCUT2D eigenvalue weighted by atomic mass is 32.2. The van der Waals surface area contributed by atoms with E-state index in [0.29, 0.717) is 0 Å². The van der Waals surface area contributed by atoms with Gasteiger partial charge < -0.3 is 15.2 Å². The van der Waals surface area contributed by atoms with Gasteiger partial charge in [-0.25, -0.2) is 13.4 Å². The van der Waals surface area contributed by atoms with Gasteiger partial charge in [0.1, 0.15) is 11.4 Å². The first-order valence-corrected chi connectivity index (χ1v) is 10.0. The van der Waals surface area contributed by atoms with Gasteiger partial charge in [-0.15, -0.1) is 0 Å². The molecule has 0 aliphatic carbocycles. The predicted octanol–water partition coefficient (Wildman–Crippen LogP) is -0.00670. The Morgan fingerprint density at radius 3 is 2.41 bits per heavy atom. The normalized spacial score (nSPS) is 11.0. The fourth-order valence-corrected chi connectivity index (χ4v) is 3.42. The Morgan fingerprint density at radius 1 is 1.00 bits per heavy atom. The van der Waals surface area contributed by atoms with Crippen LogP contribution in [0.3, 0.4) is 0 Å². The van der Waals surface area contributed by atoms with Crippen LogP contribution in [0.25, 0.3) is 0 Å². The van der Waals surface area contributed by atoms with Crippen molar-refractivity contribution in [3.63, 3.8) is 0 Å². The molecule has 1 aromatic carbocycles. The Labute approximate surface area is 165 Å². The molecule has 0 aliphatic heterocycles. The summed E-state index contributed by atoms with van der Waals surface area (Å²) in [7, 11) is -3.66. The number of carbonyl (C=O) groups is 2. The molecule has 0 fully saturated rings. The van der Waals surface area contributed by atoms with Crippen LogP contribution < -0.4 is 10.6 Å². The van der Waals surface area contributed by atoms with Crippen molar-refractivity contribution in [2.24, 2.45) is 0 Å². The van der Waals surface area contributed by atoms with Crippen molar-refractivity contribution in [3.8, 4) is 0 Å². The van der Waals surface area contributed by atoms with Crippen LogP contribution in [-0.2, 0) is 15.6 Å². The highest BCUT2D eigenvalue weighted by Gasteiger charge is 2.21. The molecule has 0 spiro atoms. The fourth-order valence-electron chi connectivity index (χ4n) is 2.22. The third-order valence-electron chi connectivity index (χ3n) is 3.58. The first-order chi connectivity index (χ1) is 14.0. The Balaban J connectivity index is 1.49. The highest BCUT2D eigenvalue weighted by molar-refractivity contribution is 7.90. The largest absolute Gasteiger partial charge is 0.349 e. The van der Waals surface area contributed by atoms with Gasteiger partial charge in [-0.1, -0.05) is 23.4 Å². The molecule has 2 amide bonds. The number of sulfone groups is 1. The first-order valence-electron chi connectivity index (χ1n) is 8.38. The molecule has 2 heterocycles. The molecule has 0 bridgehead atoms. The van der Waals surface area contributed by atoms with Gasteiger partial charge in [0.25, 0.3) is 5.91 Å². The van der Waals surface area contributed by atoms with Crippen molar-refractivity contribution in [1.82, 2.24) is 30.7 Å². The van der Waals surface area contributed by atoms with E-state index in [-0.39, 0.29) is 35.4 Å². The zero-order valence-corrected chi connectivity index (χ0v) is 15.8. The molecule has 0 unspecified atom stereocenters. The van der Waals surface area contributed by atoms with E-state index in [4.69, 9.17) is 4.52 Å². The van der Waals surface area contributed by atoms with Crippen LogP contribution in [0.2, 0.25) is 0 Å². The topological polar surface area (TPSA) is 157 Å². The number of benzene rings is 1. The van der Waals surface area contributed by atoms with Gasteiger partial charge in [0.2, 0.25) is 0 Å². The third kappa shape index (κ3) is 5.42. The van der Waals surface area contributed by atoms with Crippen LogP contribution in [0.15, 0.2) is 58.3 Å². The van der Waals surface area contributed by atoms with E-state index in [9.17, 15) is 18.0 Å². The molecule has 0 aliphatic rings. The second-order valence-corrected chi connectivity index (χ2v) is 7.68. The number of hydrogen-bond donors (Lipinski definition) is 2. The molecule has 29 heavy (non-hydrogen) atoms. The molecule has 2 N–H and O–H groups in total. The fraction of sp³-hybridized carbons (Fsp3) is 0.176. The molecule has 0 saturated carbocycles. The van der Waals surface area contributed by atoms with Crippen LogP contribution in [-0.4, -0.2) is 53.4 Å². The minimum absolute atomic E-state index is 0.0882. The average Bonchev–Trinajstić information content (AvgIpc) is 3.20. The summed E-state index contributed by atoms with van der Waals surface area (Å²) in [5.41, 5.74) is 0.153. The molecule has 0 atom stereocenters. The molecular formula is C17H16N6O5S. The van der Waals surface area contributed by atoms with Crippen molar-refractivity contribution in [2.75, 3.05) is 13.1 Å². The first kappa shape index (κ1) is 20.1. The molecule has 3 rings (SSSR count). The Bertz CT molecular complexity index is 1090. The van der Waals surface area contributed by atoms with Crippen molar-refractivity contribution < 1.29 is 22.5 Å². The van der Waals surface area contributed by atoms with E-state index in [0.717, 1.165) is 0 Å². The summed E-state index contributed by atoms with van der Waals surface area (Å²) in [6.45, 7) is 0.218. The molecular weight excluding hydrogens is 400 g/mol. The maximum absolute atomic E-state index is 12.3. The van der Waals surface area contributed by atoms with E-state index in [1.807, 2.05) is 0 Å². The van der Waals surface area contributed by atoms with Gasteiger partial charge in [-0.2, -0.15) is 4.98 Å². The predicted molar refractivity (Wildman–Crippen MR) is 98.3 cm³/mol. The second-order valence-electron chi connectivity index (χ2n) is 5.69. The van der Waals surface area contributed by atoms with Gasteiger partial charge in [-0.3, -0.25) is 14.6 Å². The maximum Gasteiger partial charge on any atom is 0.315 e. The van der Waals surface area contributed by atoms with Crippen LogP contribution in [0.1, 0.15) is 27.0 Å². The lowest BCUT2D eigenvalue weighted by atomic mass is 10.4. The van der Waals surface area contributed by atoms with Crippen LogP contribution in [0.4, 0.5) is 0 Å². The Hall–Kier alpha value is -3.67. The number of amides is 2.